The van der Waals surface area contributed by atoms with Crippen LogP contribution < -0.4 is 5.32 Å². The van der Waals surface area contributed by atoms with Crippen molar-refractivity contribution >= 4 is 10.9 Å². The number of fused-ring (bicyclic) bond motifs is 1. The lowest BCUT2D eigenvalue weighted by Gasteiger charge is -2.04. The predicted molar refractivity (Wildman–Crippen MR) is 79.0 cm³/mol. The predicted octanol–water partition coefficient (Wildman–Crippen LogP) is 3.16. The number of aromatic nitrogens is 2. The molecule has 0 atom stereocenters. The van der Waals surface area contributed by atoms with Gasteiger partial charge >= 0.3 is 0 Å². The maximum absolute atomic E-state index is 4.60. The van der Waals surface area contributed by atoms with Crippen LogP contribution in [0.25, 0.3) is 10.9 Å². The van der Waals surface area contributed by atoms with Crippen LogP contribution in [0.3, 0.4) is 0 Å². The molecule has 1 N–H and O–H groups in total. The van der Waals surface area contributed by atoms with Gasteiger partial charge in [0.15, 0.2) is 0 Å². The molecule has 2 aromatic rings. The number of para-hydroxylation sites is 1. The van der Waals surface area contributed by atoms with Gasteiger partial charge < -0.3 is 5.32 Å². The van der Waals surface area contributed by atoms with E-state index < -0.39 is 0 Å². The minimum absolute atomic E-state index is 0.856. The summed E-state index contributed by atoms with van der Waals surface area (Å²) >= 11 is 0. The molecule has 0 saturated carbocycles. The fraction of sp³-hybridized carbons (Fsp3) is 0.438. The molecule has 1 aliphatic rings. The first kappa shape index (κ1) is 12.4. The molecule has 19 heavy (non-hydrogen) atoms. The zero-order chi connectivity index (χ0) is 13.1. The summed E-state index contributed by atoms with van der Waals surface area (Å²) in [5, 5.41) is 9.38. The van der Waals surface area contributed by atoms with Gasteiger partial charge in [0.2, 0.25) is 0 Å². The molecule has 1 heterocycles. The van der Waals surface area contributed by atoms with E-state index in [1.807, 2.05) is 11.7 Å². The minimum Gasteiger partial charge on any atom is -0.311 e. The van der Waals surface area contributed by atoms with Crippen molar-refractivity contribution in [1.82, 2.24) is 15.1 Å². The van der Waals surface area contributed by atoms with E-state index in [0.29, 0.717) is 0 Å². The highest BCUT2D eigenvalue weighted by Gasteiger charge is 2.07. The highest BCUT2D eigenvalue weighted by Crippen LogP contribution is 2.20. The lowest BCUT2D eigenvalue weighted by atomic mass is 10.1. The zero-order valence-corrected chi connectivity index (χ0v) is 11.5. The number of rotatable bonds is 5. The first-order valence-electron chi connectivity index (χ1n) is 7.14. The Hall–Kier alpha value is -1.61. The van der Waals surface area contributed by atoms with Gasteiger partial charge in [-0.15, -0.1) is 0 Å². The number of nitrogens with zero attached hydrogens (tertiary/aromatic N) is 2. The van der Waals surface area contributed by atoms with E-state index in [2.05, 4.69) is 40.8 Å². The van der Waals surface area contributed by atoms with Crippen LogP contribution in [0.15, 0.2) is 35.9 Å². The molecule has 0 unspecified atom stereocenters. The third kappa shape index (κ3) is 2.71. The van der Waals surface area contributed by atoms with E-state index in [0.717, 1.165) is 18.8 Å². The molecular formula is C16H21N3. The number of nitrogens with one attached hydrogen (secondary N) is 1. The summed E-state index contributed by atoms with van der Waals surface area (Å²) in [5.74, 6) is 0. The molecule has 0 radical (unpaired) electrons. The zero-order valence-electron chi connectivity index (χ0n) is 11.5. The first-order chi connectivity index (χ1) is 9.34. The molecule has 0 amide bonds. The van der Waals surface area contributed by atoms with Gasteiger partial charge in [-0.05, 0) is 38.3 Å². The lowest BCUT2D eigenvalue weighted by Crippen LogP contribution is -2.15. The monoisotopic (exact) mass is 255 g/mol. The second kappa shape index (κ2) is 5.57. The van der Waals surface area contributed by atoms with Crippen LogP contribution >= 0.6 is 0 Å². The van der Waals surface area contributed by atoms with Crippen molar-refractivity contribution in [1.29, 1.82) is 0 Å². The third-order valence-electron chi connectivity index (χ3n) is 3.88. The molecule has 0 aliphatic heterocycles. The van der Waals surface area contributed by atoms with Crippen LogP contribution in [0.1, 0.15) is 31.4 Å². The van der Waals surface area contributed by atoms with Gasteiger partial charge in [-0.1, -0.05) is 29.8 Å². The van der Waals surface area contributed by atoms with Crippen LogP contribution in [-0.2, 0) is 13.6 Å². The Morgan fingerprint density at radius 1 is 1.32 bits per heavy atom. The number of hydrogen-bond acceptors (Lipinski definition) is 2. The molecule has 1 aromatic heterocycles. The molecule has 0 saturated heterocycles. The van der Waals surface area contributed by atoms with Crippen LogP contribution in [0.5, 0.6) is 0 Å². The number of hydrogen-bond donors (Lipinski definition) is 1. The van der Waals surface area contributed by atoms with E-state index >= 15 is 0 Å². The van der Waals surface area contributed by atoms with Gasteiger partial charge in [-0.25, -0.2) is 0 Å². The topological polar surface area (TPSA) is 29.9 Å². The molecule has 0 spiro atoms. The molecule has 0 fully saturated rings. The van der Waals surface area contributed by atoms with Crippen molar-refractivity contribution in [3.8, 4) is 0 Å². The second-order valence-electron chi connectivity index (χ2n) is 5.27. The minimum atomic E-state index is 0.856. The first-order valence-corrected chi connectivity index (χ1v) is 7.14. The van der Waals surface area contributed by atoms with Gasteiger partial charge in [0.1, 0.15) is 0 Å². The Kier molecular flexibility index (Phi) is 3.65. The van der Waals surface area contributed by atoms with Crippen LogP contribution in [0.2, 0.25) is 0 Å². The van der Waals surface area contributed by atoms with Gasteiger partial charge in [0, 0.05) is 19.0 Å². The molecule has 100 valence electrons. The summed E-state index contributed by atoms with van der Waals surface area (Å²) < 4.78 is 1.96. The van der Waals surface area contributed by atoms with Gasteiger partial charge in [-0.3, -0.25) is 4.68 Å². The Morgan fingerprint density at radius 3 is 3.05 bits per heavy atom. The van der Waals surface area contributed by atoms with Gasteiger partial charge in [-0.2, -0.15) is 5.10 Å². The van der Waals surface area contributed by atoms with Crippen molar-refractivity contribution in [2.24, 2.45) is 7.05 Å². The fourth-order valence-electron chi connectivity index (χ4n) is 2.84. The van der Waals surface area contributed by atoms with Crippen LogP contribution in [0.4, 0.5) is 0 Å². The number of allylic oxidation sites excluding steroid dienone is 1. The average Bonchev–Trinajstić information content (AvgIpc) is 3.04. The summed E-state index contributed by atoms with van der Waals surface area (Å²) in [6.45, 7) is 1.91. The highest BCUT2D eigenvalue weighted by molar-refractivity contribution is 5.81. The van der Waals surface area contributed by atoms with Crippen molar-refractivity contribution < 1.29 is 0 Å². The molecule has 1 aliphatic carbocycles. The SMILES string of the molecule is Cn1nc(CNCCC2=CCCC2)c2ccccc21. The highest BCUT2D eigenvalue weighted by atomic mass is 15.3. The third-order valence-corrected chi connectivity index (χ3v) is 3.88. The summed E-state index contributed by atoms with van der Waals surface area (Å²) in [4.78, 5) is 0. The molecular weight excluding hydrogens is 234 g/mol. The largest absolute Gasteiger partial charge is 0.311 e. The smallest absolute Gasteiger partial charge is 0.0841 e. The summed E-state index contributed by atoms with van der Waals surface area (Å²) in [7, 11) is 2.01. The summed E-state index contributed by atoms with van der Waals surface area (Å²) in [6.07, 6.45) is 7.51. The van der Waals surface area contributed by atoms with Crippen molar-refractivity contribution in [2.45, 2.75) is 32.2 Å². The maximum Gasteiger partial charge on any atom is 0.0841 e. The van der Waals surface area contributed by atoms with Crippen molar-refractivity contribution in [2.75, 3.05) is 6.54 Å². The molecule has 0 bridgehead atoms. The average molecular weight is 255 g/mol. The molecule has 3 nitrogen and oxygen atoms in total. The Bertz CT molecular complexity index is 595. The van der Waals surface area contributed by atoms with E-state index in [-0.39, 0.29) is 0 Å². The standard InChI is InChI=1S/C16H21N3/c1-19-16-9-5-4-8-14(16)15(18-19)12-17-11-10-13-6-2-3-7-13/h4-6,8-9,17H,2-3,7,10-12H2,1H3. The van der Waals surface area contributed by atoms with Crippen molar-refractivity contribution in [3.05, 3.63) is 41.6 Å². The van der Waals surface area contributed by atoms with E-state index in [4.69, 9.17) is 0 Å². The van der Waals surface area contributed by atoms with Gasteiger partial charge in [0.05, 0.1) is 11.2 Å². The molecule has 3 heteroatoms. The van der Waals surface area contributed by atoms with Crippen molar-refractivity contribution in [3.63, 3.8) is 0 Å². The Balaban J connectivity index is 1.59. The van der Waals surface area contributed by atoms with E-state index in [9.17, 15) is 0 Å². The number of aryl methyl sites for hydroxylation is 1. The van der Waals surface area contributed by atoms with E-state index in [1.165, 1.54) is 36.6 Å². The normalized spacial score (nSPS) is 15.1. The van der Waals surface area contributed by atoms with Crippen LogP contribution in [0, 0.1) is 0 Å². The second-order valence-corrected chi connectivity index (χ2v) is 5.27. The summed E-state index contributed by atoms with van der Waals surface area (Å²) in [6, 6.07) is 8.42. The van der Waals surface area contributed by atoms with E-state index in [1.54, 1.807) is 5.57 Å². The number of benzene rings is 1. The Labute approximate surface area is 114 Å². The summed E-state index contributed by atoms with van der Waals surface area (Å²) in [5.41, 5.74) is 3.98. The van der Waals surface area contributed by atoms with Crippen LogP contribution in [-0.4, -0.2) is 16.3 Å². The molecule has 1 aromatic carbocycles. The lowest BCUT2D eigenvalue weighted by molar-refractivity contribution is 0.652. The maximum atomic E-state index is 4.60. The quantitative estimate of drug-likeness (QED) is 0.657. The Morgan fingerprint density at radius 2 is 2.21 bits per heavy atom. The molecule has 3 rings (SSSR count). The fourth-order valence-corrected chi connectivity index (χ4v) is 2.84. The van der Waals surface area contributed by atoms with Gasteiger partial charge in [0.25, 0.3) is 0 Å².